The van der Waals surface area contributed by atoms with Crippen LogP contribution in [0.25, 0.3) is 0 Å². The third-order valence-electron chi connectivity index (χ3n) is 1.97. The minimum Gasteiger partial charge on any atom is -0.383 e. The lowest BCUT2D eigenvalue weighted by atomic mass is 10.2. The van der Waals surface area contributed by atoms with Crippen LogP contribution in [0.15, 0.2) is 0 Å². The lowest BCUT2D eigenvalue weighted by molar-refractivity contribution is 1.14. The molecule has 0 saturated heterocycles. The van der Waals surface area contributed by atoms with Crippen LogP contribution in [0.5, 0.6) is 0 Å². The van der Waals surface area contributed by atoms with Crippen molar-refractivity contribution < 1.29 is 0 Å². The predicted octanol–water partition coefficient (Wildman–Crippen LogP) is 1.64. The first-order valence-corrected chi connectivity index (χ1v) is 4.53. The molecule has 0 aromatic carbocycles. The molecule has 4 heteroatoms. The number of aromatic nitrogens is 1. The van der Waals surface area contributed by atoms with Crippen LogP contribution in [0.2, 0.25) is 0 Å². The topological polar surface area (TPSA) is 50.9 Å². The van der Waals surface area contributed by atoms with Gasteiger partial charge in [-0.3, -0.25) is 0 Å². The Balaban J connectivity index is 2.38. The number of hydrogen-bond donors (Lipinski definition) is 2. The van der Waals surface area contributed by atoms with Gasteiger partial charge in [-0.15, -0.1) is 0 Å². The van der Waals surface area contributed by atoms with Crippen LogP contribution < -0.4 is 11.1 Å². The van der Waals surface area contributed by atoms with Gasteiger partial charge in [-0.1, -0.05) is 0 Å². The average molecular weight is 169 g/mol. The van der Waals surface area contributed by atoms with E-state index in [1.54, 1.807) is 0 Å². The van der Waals surface area contributed by atoms with E-state index in [9.17, 15) is 0 Å². The van der Waals surface area contributed by atoms with E-state index in [4.69, 9.17) is 5.73 Å². The molecule has 11 heavy (non-hydrogen) atoms. The summed E-state index contributed by atoms with van der Waals surface area (Å²) in [6, 6.07) is 0. The van der Waals surface area contributed by atoms with E-state index >= 15 is 0 Å². The Hall–Kier alpha value is -0.770. The highest BCUT2D eigenvalue weighted by molar-refractivity contribution is 7.10. The second-order valence-electron chi connectivity index (χ2n) is 2.83. The number of anilines is 2. The molecule has 1 aliphatic rings. The van der Waals surface area contributed by atoms with E-state index in [1.807, 2.05) is 7.05 Å². The van der Waals surface area contributed by atoms with Crippen molar-refractivity contribution in [3.8, 4) is 0 Å². The van der Waals surface area contributed by atoms with Crippen LogP contribution in [0, 0.1) is 0 Å². The van der Waals surface area contributed by atoms with Crippen LogP contribution in [0.1, 0.15) is 24.3 Å². The Morgan fingerprint density at radius 1 is 1.64 bits per heavy atom. The van der Waals surface area contributed by atoms with Gasteiger partial charge in [0.05, 0.1) is 0 Å². The highest BCUT2D eigenvalue weighted by Crippen LogP contribution is 2.47. The van der Waals surface area contributed by atoms with E-state index in [1.165, 1.54) is 29.9 Å². The molecule has 1 aromatic rings. The summed E-state index contributed by atoms with van der Waals surface area (Å²) in [5.41, 5.74) is 6.96. The summed E-state index contributed by atoms with van der Waals surface area (Å²) in [5, 5.41) is 4.26. The highest BCUT2D eigenvalue weighted by atomic mass is 32.1. The summed E-state index contributed by atoms with van der Waals surface area (Å²) in [7, 11) is 1.92. The molecule has 60 valence electrons. The molecule has 1 aromatic heterocycles. The number of rotatable bonds is 2. The maximum atomic E-state index is 5.72. The van der Waals surface area contributed by atoms with E-state index < -0.39 is 0 Å². The van der Waals surface area contributed by atoms with Crippen molar-refractivity contribution in [2.75, 3.05) is 18.1 Å². The fraction of sp³-hybridized carbons (Fsp3) is 0.571. The Morgan fingerprint density at radius 2 is 2.36 bits per heavy atom. The number of nitrogens with one attached hydrogen (secondary N) is 1. The monoisotopic (exact) mass is 169 g/mol. The molecule has 2 rings (SSSR count). The molecule has 3 N–H and O–H groups in total. The zero-order chi connectivity index (χ0) is 7.84. The molecular formula is C7H11N3S. The van der Waals surface area contributed by atoms with Gasteiger partial charge in [-0.05, 0) is 30.3 Å². The Labute approximate surface area is 69.8 Å². The van der Waals surface area contributed by atoms with Crippen molar-refractivity contribution >= 4 is 22.4 Å². The minimum absolute atomic E-state index is 0.691. The molecule has 0 amide bonds. The van der Waals surface area contributed by atoms with E-state index in [0.29, 0.717) is 5.92 Å². The number of nitrogens with two attached hydrogens (primary N) is 1. The fourth-order valence-corrected chi connectivity index (χ4v) is 2.01. The first kappa shape index (κ1) is 6.91. The lowest BCUT2D eigenvalue weighted by Gasteiger charge is -1.98. The second kappa shape index (κ2) is 2.37. The molecule has 3 nitrogen and oxygen atoms in total. The van der Waals surface area contributed by atoms with Gasteiger partial charge < -0.3 is 11.1 Å². The first-order chi connectivity index (χ1) is 5.33. The summed E-state index contributed by atoms with van der Waals surface area (Å²) in [6.07, 6.45) is 2.55. The van der Waals surface area contributed by atoms with Gasteiger partial charge in [0, 0.05) is 12.6 Å². The third-order valence-corrected chi connectivity index (χ3v) is 2.86. The highest BCUT2D eigenvalue weighted by Gasteiger charge is 2.29. The molecule has 0 bridgehead atoms. The normalized spacial score (nSPS) is 16.8. The van der Waals surface area contributed by atoms with Crippen LogP contribution in [-0.4, -0.2) is 11.4 Å². The SMILES string of the molecule is CNc1snc(N)c1C1CC1. The van der Waals surface area contributed by atoms with Crippen molar-refractivity contribution in [3.05, 3.63) is 5.56 Å². The van der Waals surface area contributed by atoms with Crippen LogP contribution in [0.3, 0.4) is 0 Å². The lowest BCUT2D eigenvalue weighted by Crippen LogP contribution is -1.93. The van der Waals surface area contributed by atoms with Crippen LogP contribution >= 0.6 is 11.5 Å². The fourth-order valence-electron chi connectivity index (χ4n) is 1.26. The zero-order valence-corrected chi connectivity index (χ0v) is 7.24. The summed E-state index contributed by atoms with van der Waals surface area (Å²) < 4.78 is 4.11. The molecule has 0 unspecified atom stereocenters. The van der Waals surface area contributed by atoms with Crippen molar-refractivity contribution in [1.82, 2.24) is 4.37 Å². The Morgan fingerprint density at radius 3 is 2.91 bits per heavy atom. The standard InChI is InChI=1S/C7H11N3S/c1-9-7-5(4-2-3-4)6(8)10-11-7/h4,9H,2-3H2,1H3,(H2,8,10). The molecule has 0 radical (unpaired) electrons. The summed E-state index contributed by atoms with van der Waals surface area (Å²) in [5.74, 6) is 1.41. The van der Waals surface area contributed by atoms with E-state index in [-0.39, 0.29) is 0 Å². The van der Waals surface area contributed by atoms with Gasteiger partial charge >= 0.3 is 0 Å². The summed E-state index contributed by atoms with van der Waals surface area (Å²) in [4.78, 5) is 0. The van der Waals surface area contributed by atoms with Crippen molar-refractivity contribution in [3.63, 3.8) is 0 Å². The van der Waals surface area contributed by atoms with Gasteiger partial charge in [-0.25, -0.2) is 0 Å². The number of nitrogens with zero attached hydrogens (tertiary/aromatic N) is 1. The van der Waals surface area contributed by atoms with E-state index in [2.05, 4.69) is 9.69 Å². The largest absolute Gasteiger partial charge is 0.383 e. The summed E-state index contributed by atoms with van der Waals surface area (Å²) >= 11 is 1.46. The molecule has 1 fully saturated rings. The first-order valence-electron chi connectivity index (χ1n) is 3.75. The van der Waals surface area contributed by atoms with Crippen molar-refractivity contribution in [1.29, 1.82) is 0 Å². The summed E-state index contributed by atoms with van der Waals surface area (Å²) in [6.45, 7) is 0. The van der Waals surface area contributed by atoms with Gasteiger partial charge in [0.25, 0.3) is 0 Å². The van der Waals surface area contributed by atoms with Gasteiger partial charge in [0.1, 0.15) is 10.8 Å². The Bertz CT molecular complexity index is 265. The molecule has 1 heterocycles. The van der Waals surface area contributed by atoms with Gasteiger partial charge in [0.15, 0.2) is 0 Å². The smallest absolute Gasteiger partial charge is 0.142 e. The predicted molar refractivity (Wildman–Crippen MR) is 48.0 cm³/mol. The van der Waals surface area contributed by atoms with Gasteiger partial charge in [0.2, 0.25) is 0 Å². The minimum atomic E-state index is 0.691. The number of hydrogen-bond acceptors (Lipinski definition) is 4. The van der Waals surface area contributed by atoms with E-state index in [0.717, 1.165) is 10.8 Å². The van der Waals surface area contributed by atoms with Crippen LogP contribution in [-0.2, 0) is 0 Å². The quantitative estimate of drug-likeness (QED) is 0.707. The molecule has 1 aliphatic carbocycles. The second-order valence-corrected chi connectivity index (χ2v) is 3.61. The third kappa shape index (κ3) is 1.07. The molecule has 1 saturated carbocycles. The number of nitrogen functional groups attached to an aromatic ring is 1. The van der Waals surface area contributed by atoms with Gasteiger partial charge in [-0.2, -0.15) is 4.37 Å². The maximum absolute atomic E-state index is 5.72. The molecule has 0 aliphatic heterocycles. The van der Waals surface area contributed by atoms with Crippen LogP contribution in [0.4, 0.5) is 10.8 Å². The van der Waals surface area contributed by atoms with Crippen molar-refractivity contribution in [2.24, 2.45) is 0 Å². The molecule has 0 atom stereocenters. The Kier molecular flexibility index (Phi) is 1.49. The molecular weight excluding hydrogens is 158 g/mol. The maximum Gasteiger partial charge on any atom is 0.142 e. The zero-order valence-electron chi connectivity index (χ0n) is 6.42. The average Bonchev–Trinajstić information content (AvgIpc) is 2.76. The van der Waals surface area contributed by atoms with Crippen molar-refractivity contribution in [2.45, 2.75) is 18.8 Å². The molecule has 0 spiro atoms.